The average molecular weight is 421 g/mol. The molecule has 4 rings (SSSR count). The van der Waals surface area contributed by atoms with E-state index in [0.717, 1.165) is 6.26 Å². The maximum absolute atomic E-state index is 13.0. The molecule has 0 bridgehead atoms. The van der Waals surface area contributed by atoms with Crippen LogP contribution < -0.4 is 14.8 Å². The molecular formula is C19H23N3O6S. The summed E-state index contributed by atoms with van der Waals surface area (Å²) in [5.74, 6) is -0.623. The Kier molecular flexibility index (Phi) is 4.47. The molecule has 3 aliphatic rings. The van der Waals surface area contributed by atoms with Crippen molar-refractivity contribution in [3.8, 4) is 5.75 Å². The third kappa shape index (κ3) is 3.62. The summed E-state index contributed by atoms with van der Waals surface area (Å²) < 4.78 is 32.5. The van der Waals surface area contributed by atoms with E-state index in [4.69, 9.17) is 4.74 Å². The predicted molar refractivity (Wildman–Crippen MR) is 103 cm³/mol. The Morgan fingerprint density at radius 2 is 1.97 bits per heavy atom. The first-order valence-electron chi connectivity index (χ1n) is 9.42. The van der Waals surface area contributed by atoms with E-state index in [1.807, 2.05) is 13.8 Å². The zero-order valence-corrected chi connectivity index (χ0v) is 17.3. The van der Waals surface area contributed by atoms with Crippen LogP contribution in [0.4, 0.5) is 0 Å². The number of benzene rings is 1. The third-order valence-electron chi connectivity index (χ3n) is 5.50. The number of carbonyl (C=O) groups excluding carboxylic acids is 3. The van der Waals surface area contributed by atoms with Crippen molar-refractivity contribution in [1.29, 1.82) is 0 Å². The fraction of sp³-hybridized carbons (Fsp3) is 0.526. The van der Waals surface area contributed by atoms with Gasteiger partial charge in [-0.2, -0.15) is 0 Å². The molecule has 0 saturated carbocycles. The van der Waals surface area contributed by atoms with Crippen molar-refractivity contribution in [3.63, 3.8) is 0 Å². The van der Waals surface area contributed by atoms with E-state index in [0.29, 0.717) is 28.9 Å². The maximum atomic E-state index is 13.0. The summed E-state index contributed by atoms with van der Waals surface area (Å²) in [6.45, 7) is 3.90. The first kappa shape index (κ1) is 19.8. The van der Waals surface area contributed by atoms with Gasteiger partial charge in [-0.3, -0.25) is 19.7 Å². The molecule has 156 valence electrons. The molecule has 2 atom stereocenters. The van der Waals surface area contributed by atoms with Gasteiger partial charge in [-0.05, 0) is 26.3 Å². The van der Waals surface area contributed by atoms with Crippen molar-refractivity contribution in [3.05, 3.63) is 28.8 Å². The number of hydrogen-bond acceptors (Lipinski definition) is 6. The van der Waals surface area contributed by atoms with E-state index in [1.54, 1.807) is 12.1 Å². The zero-order chi connectivity index (χ0) is 21.1. The monoisotopic (exact) mass is 421 g/mol. The van der Waals surface area contributed by atoms with Crippen LogP contribution >= 0.6 is 0 Å². The standard InChI is InChI=1S/C19H23N3O6S/c1-19(2)8-13(21-29(3,26)27)11-5-4-10-12(16(11)28-19)9-22(18(10)25)14-6-7-15(23)20-17(14)24/h4-5,13-14,21H,6-9H2,1-3H3,(H,20,23,24). The highest BCUT2D eigenvalue weighted by Crippen LogP contribution is 2.45. The van der Waals surface area contributed by atoms with E-state index in [1.165, 1.54) is 4.90 Å². The first-order valence-corrected chi connectivity index (χ1v) is 11.3. The SMILES string of the molecule is CC1(C)CC(NS(C)(=O)=O)c2ccc3c(c2O1)CN(C1CCC(=O)NC1=O)C3=O. The summed E-state index contributed by atoms with van der Waals surface area (Å²) in [5, 5.41) is 2.28. The molecule has 0 radical (unpaired) electrons. The number of amides is 3. The highest BCUT2D eigenvalue weighted by molar-refractivity contribution is 7.88. The lowest BCUT2D eigenvalue weighted by atomic mass is 9.88. The predicted octanol–water partition coefficient (Wildman–Crippen LogP) is 0.599. The molecule has 0 aromatic heterocycles. The molecule has 1 aromatic rings. The Balaban J connectivity index is 1.72. The second-order valence-corrected chi connectivity index (χ2v) is 10.2. The van der Waals surface area contributed by atoms with Gasteiger partial charge in [-0.1, -0.05) is 6.07 Å². The molecule has 10 heteroatoms. The van der Waals surface area contributed by atoms with Crippen LogP contribution in [-0.4, -0.2) is 48.9 Å². The molecule has 2 unspecified atom stereocenters. The Hall–Kier alpha value is -2.46. The van der Waals surface area contributed by atoms with Crippen molar-refractivity contribution < 1.29 is 27.5 Å². The molecule has 1 saturated heterocycles. The quantitative estimate of drug-likeness (QED) is 0.689. The average Bonchev–Trinajstić information content (AvgIpc) is 2.90. The van der Waals surface area contributed by atoms with E-state index in [2.05, 4.69) is 10.0 Å². The largest absolute Gasteiger partial charge is 0.487 e. The highest BCUT2D eigenvalue weighted by Gasteiger charge is 2.43. The summed E-state index contributed by atoms with van der Waals surface area (Å²) >= 11 is 0. The van der Waals surface area contributed by atoms with Gasteiger partial charge in [0, 0.05) is 29.5 Å². The van der Waals surface area contributed by atoms with Crippen molar-refractivity contribution >= 4 is 27.7 Å². The molecule has 1 aromatic carbocycles. The Morgan fingerprint density at radius 3 is 2.62 bits per heavy atom. The fourth-order valence-electron chi connectivity index (χ4n) is 4.31. The minimum atomic E-state index is -3.45. The summed E-state index contributed by atoms with van der Waals surface area (Å²) in [5.41, 5.74) is 1.11. The summed E-state index contributed by atoms with van der Waals surface area (Å²) in [6, 6.07) is 2.16. The number of fused-ring (bicyclic) bond motifs is 3. The molecule has 3 aliphatic heterocycles. The van der Waals surface area contributed by atoms with Crippen LogP contribution in [0.3, 0.4) is 0 Å². The number of sulfonamides is 1. The third-order valence-corrected chi connectivity index (χ3v) is 6.22. The van der Waals surface area contributed by atoms with Gasteiger partial charge >= 0.3 is 0 Å². The smallest absolute Gasteiger partial charge is 0.255 e. The number of hydrogen-bond donors (Lipinski definition) is 2. The fourth-order valence-corrected chi connectivity index (χ4v) is 5.04. The zero-order valence-electron chi connectivity index (χ0n) is 16.4. The maximum Gasteiger partial charge on any atom is 0.255 e. The van der Waals surface area contributed by atoms with Crippen molar-refractivity contribution in [2.45, 2.75) is 57.3 Å². The second-order valence-electron chi connectivity index (χ2n) is 8.42. The molecule has 3 amide bonds. The lowest BCUT2D eigenvalue weighted by molar-refractivity contribution is -0.136. The van der Waals surface area contributed by atoms with Crippen LogP contribution in [0.1, 0.15) is 60.6 Å². The van der Waals surface area contributed by atoms with Crippen LogP contribution in [0.2, 0.25) is 0 Å². The second kappa shape index (κ2) is 6.53. The minimum Gasteiger partial charge on any atom is -0.487 e. The molecular weight excluding hydrogens is 398 g/mol. The van der Waals surface area contributed by atoms with Gasteiger partial charge in [0.1, 0.15) is 17.4 Å². The Labute approximate surface area is 168 Å². The van der Waals surface area contributed by atoms with Crippen LogP contribution in [-0.2, 0) is 26.2 Å². The molecule has 1 fully saturated rings. The molecule has 0 aliphatic carbocycles. The van der Waals surface area contributed by atoms with Crippen LogP contribution in [0, 0.1) is 0 Å². The topological polar surface area (TPSA) is 122 Å². The van der Waals surface area contributed by atoms with Gasteiger partial charge in [0.05, 0.1) is 18.8 Å². The van der Waals surface area contributed by atoms with Crippen LogP contribution in [0.25, 0.3) is 0 Å². The van der Waals surface area contributed by atoms with Gasteiger partial charge in [0.25, 0.3) is 5.91 Å². The number of piperidine rings is 1. The van der Waals surface area contributed by atoms with Gasteiger partial charge in [0.15, 0.2) is 0 Å². The number of nitrogens with zero attached hydrogens (tertiary/aromatic N) is 1. The minimum absolute atomic E-state index is 0.172. The van der Waals surface area contributed by atoms with Crippen LogP contribution in [0.5, 0.6) is 5.75 Å². The number of rotatable bonds is 3. The first-order chi connectivity index (χ1) is 13.5. The van der Waals surface area contributed by atoms with E-state index >= 15 is 0 Å². The van der Waals surface area contributed by atoms with Crippen LogP contribution in [0.15, 0.2) is 12.1 Å². The molecule has 9 nitrogen and oxygen atoms in total. The van der Waals surface area contributed by atoms with Gasteiger partial charge in [0.2, 0.25) is 21.8 Å². The molecule has 3 heterocycles. The van der Waals surface area contributed by atoms with E-state index in [-0.39, 0.29) is 31.2 Å². The number of ether oxygens (including phenoxy) is 1. The summed E-state index contributed by atoms with van der Waals surface area (Å²) in [4.78, 5) is 38.1. The van der Waals surface area contributed by atoms with Crippen molar-refractivity contribution in [2.24, 2.45) is 0 Å². The van der Waals surface area contributed by atoms with E-state index in [9.17, 15) is 22.8 Å². The summed E-state index contributed by atoms with van der Waals surface area (Å²) in [6.07, 6.45) is 2.00. The normalized spacial score (nSPS) is 25.9. The van der Waals surface area contributed by atoms with E-state index < -0.39 is 33.6 Å². The number of nitrogens with one attached hydrogen (secondary N) is 2. The molecule has 2 N–H and O–H groups in total. The Morgan fingerprint density at radius 1 is 1.24 bits per heavy atom. The lowest BCUT2D eigenvalue weighted by Gasteiger charge is -2.38. The molecule has 29 heavy (non-hydrogen) atoms. The van der Waals surface area contributed by atoms with Gasteiger partial charge in [-0.15, -0.1) is 0 Å². The van der Waals surface area contributed by atoms with Crippen molar-refractivity contribution in [1.82, 2.24) is 14.9 Å². The van der Waals surface area contributed by atoms with Gasteiger partial charge < -0.3 is 9.64 Å². The number of carbonyl (C=O) groups is 3. The lowest BCUT2D eigenvalue weighted by Crippen LogP contribution is -2.52. The van der Waals surface area contributed by atoms with Crippen molar-refractivity contribution in [2.75, 3.05) is 6.26 Å². The molecule has 0 spiro atoms. The summed E-state index contributed by atoms with van der Waals surface area (Å²) in [7, 11) is -3.45. The van der Waals surface area contributed by atoms with Gasteiger partial charge in [-0.25, -0.2) is 13.1 Å². The Bertz CT molecular complexity index is 1030. The number of imide groups is 1. The highest BCUT2D eigenvalue weighted by atomic mass is 32.2.